The normalized spacial score (nSPS) is 10.3. The van der Waals surface area contributed by atoms with Crippen LogP contribution in [0.4, 0.5) is 5.69 Å². The minimum absolute atomic E-state index is 0.170. The van der Waals surface area contributed by atoms with Gasteiger partial charge < -0.3 is 15.4 Å². The highest BCUT2D eigenvalue weighted by molar-refractivity contribution is 6.59. The SMILES string of the molecule is Cc1ccc(C)c(NC(=O)c2ccc(B(O)O)cc2Cl)c1. The molecule has 0 saturated heterocycles. The topological polar surface area (TPSA) is 69.6 Å². The summed E-state index contributed by atoms with van der Waals surface area (Å²) in [4.78, 5) is 12.3. The van der Waals surface area contributed by atoms with Crippen LogP contribution in [0, 0.1) is 13.8 Å². The molecule has 0 bridgehead atoms. The Morgan fingerprint density at radius 3 is 2.48 bits per heavy atom. The van der Waals surface area contributed by atoms with E-state index in [-0.39, 0.29) is 22.0 Å². The number of hydrogen-bond donors (Lipinski definition) is 3. The fourth-order valence-corrected chi connectivity index (χ4v) is 2.21. The molecule has 6 heteroatoms. The van der Waals surface area contributed by atoms with Gasteiger partial charge in [-0.15, -0.1) is 0 Å². The van der Waals surface area contributed by atoms with Crippen LogP contribution in [0.15, 0.2) is 36.4 Å². The number of rotatable bonds is 3. The van der Waals surface area contributed by atoms with Crippen molar-refractivity contribution in [3.05, 3.63) is 58.1 Å². The van der Waals surface area contributed by atoms with Crippen molar-refractivity contribution < 1.29 is 14.8 Å². The first-order valence-electron chi connectivity index (χ1n) is 6.42. The summed E-state index contributed by atoms with van der Waals surface area (Å²) < 4.78 is 0. The lowest BCUT2D eigenvalue weighted by molar-refractivity contribution is 0.102. The summed E-state index contributed by atoms with van der Waals surface area (Å²) in [5.41, 5.74) is 3.24. The zero-order valence-corrected chi connectivity index (χ0v) is 12.5. The van der Waals surface area contributed by atoms with Gasteiger partial charge in [-0.25, -0.2) is 0 Å². The Balaban J connectivity index is 2.26. The molecule has 108 valence electrons. The maximum absolute atomic E-state index is 12.3. The molecule has 0 spiro atoms. The van der Waals surface area contributed by atoms with E-state index in [0.29, 0.717) is 0 Å². The molecule has 0 saturated carbocycles. The molecule has 2 rings (SSSR count). The monoisotopic (exact) mass is 303 g/mol. The number of nitrogens with one attached hydrogen (secondary N) is 1. The number of amides is 1. The van der Waals surface area contributed by atoms with E-state index in [4.69, 9.17) is 21.6 Å². The predicted molar refractivity (Wildman–Crippen MR) is 85.1 cm³/mol. The van der Waals surface area contributed by atoms with Gasteiger partial charge in [0.2, 0.25) is 0 Å². The minimum atomic E-state index is -1.61. The molecule has 21 heavy (non-hydrogen) atoms. The highest BCUT2D eigenvalue weighted by Crippen LogP contribution is 2.20. The molecule has 2 aromatic carbocycles. The van der Waals surface area contributed by atoms with E-state index in [1.807, 2.05) is 32.0 Å². The molecule has 0 aliphatic heterocycles. The number of halogens is 1. The Kier molecular flexibility index (Phi) is 4.68. The highest BCUT2D eigenvalue weighted by Gasteiger charge is 2.16. The van der Waals surface area contributed by atoms with E-state index in [2.05, 4.69) is 5.32 Å². The van der Waals surface area contributed by atoms with E-state index in [0.717, 1.165) is 16.8 Å². The summed E-state index contributed by atoms with van der Waals surface area (Å²) in [5, 5.41) is 21.1. The molecular weight excluding hydrogens is 288 g/mol. The van der Waals surface area contributed by atoms with E-state index >= 15 is 0 Å². The molecule has 0 unspecified atom stereocenters. The molecule has 0 aliphatic carbocycles. The summed E-state index contributed by atoms with van der Waals surface area (Å²) >= 11 is 6.02. The second-order valence-corrected chi connectivity index (χ2v) is 5.29. The zero-order valence-electron chi connectivity index (χ0n) is 11.7. The van der Waals surface area contributed by atoms with Gasteiger partial charge in [-0.05, 0) is 48.6 Å². The summed E-state index contributed by atoms with van der Waals surface area (Å²) in [6, 6.07) is 10.1. The third-order valence-corrected chi connectivity index (χ3v) is 3.49. The molecule has 0 fully saturated rings. The van der Waals surface area contributed by atoms with Gasteiger partial charge in [0.05, 0.1) is 10.6 Å². The van der Waals surface area contributed by atoms with E-state index in [1.165, 1.54) is 18.2 Å². The van der Waals surface area contributed by atoms with Gasteiger partial charge in [-0.1, -0.05) is 29.8 Å². The molecule has 4 nitrogen and oxygen atoms in total. The van der Waals surface area contributed by atoms with E-state index in [9.17, 15) is 4.79 Å². The Labute approximate surface area is 128 Å². The highest BCUT2D eigenvalue weighted by atomic mass is 35.5. The van der Waals surface area contributed by atoms with Crippen molar-refractivity contribution in [3.63, 3.8) is 0 Å². The summed E-state index contributed by atoms with van der Waals surface area (Å²) in [7, 11) is -1.61. The lowest BCUT2D eigenvalue weighted by Gasteiger charge is -2.11. The Morgan fingerprint density at radius 1 is 1.14 bits per heavy atom. The van der Waals surface area contributed by atoms with Crippen LogP contribution >= 0.6 is 11.6 Å². The first-order chi connectivity index (χ1) is 9.88. The van der Waals surface area contributed by atoms with Gasteiger partial charge in [0.1, 0.15) is 0 Å². The van der Waals surface area contributed by atoms with Crippen molar-refractivity contribution in [3.8, 4) is 0 Å². The smallest absolute Gasteiger partial charge is 0.423 e. The first-order valence-corrected chi connectivity index (χ1v) is 6.80. The van der Waals surface area contributed by atoms with Gasteiger partial charge in [0.15, 0.2) is 0 Å². The number of aryl methyl sites for hydroxylation is 2. The van der Waals surface area contributed by atoms with Crippen LogP contribution in [-0.4, -0.2) is 23.1 Å². The predicted octanol–water partition coefficient (Wildman–Crippen LogP) is 1.89. The average Bonchev–Trinajstić information content (AvgIpc) is 2.42. The molecule has 0 aromatic heterocycles. The molecule has 2 aromatic rings. The van der Waals surface area contributed by atoms with Crippen molar-refractivity contribution in [1.29, 1.82) is 0 Å². The zero-order chi connectivity index (χ0) is 15.6. The summed E-state index contributed by atoms with van der Waals surface area (Å²) in [5.74, 6) is -0.340. The van der Waals surface area contributed by atoms with Gasteiger partial charge in [0, 0.05) is 5.69 Å². The Hall–Kier alpha value is -1.82. The quantitative estimate of drug-likeness (QED) is 0.758. The summed E-state index contributed by atoms with van der Waals surface area (Å²) in [6.45, 7) is 3.85. The molecule has 0 radical (unpaired) electrons. The lowest BCUT2D eigenvalue weighted by atomic mass is 9.80. The molecular formula is C15H15BClNO3. The van der Waals surface area contributed by atoms with Gasteiger partial charge in [-0.3, -0.25) is 4.79 Å². The van der Waals surface area contributed by atoms with Crippen LogP contribution in [0.5, 0.6) is 0 Å². The Bertz CT molecular complexity index is 689. The van der Waals surface area contributed by atoms with Crippen molar-refractivity contribution in [2.24, 2.45) is 0 Å². The van der Waals surface area contributed by atoms with Crippen molar-refractivity contribution in [2.45, 2.75) is 13.8 Å². The fourth-order valence-electron chi connectivity index (χ4n) is 1.94. The maximum atomic E-state index is 12.3. The van der Waals surface area contributed by atoms with Gasteiger partial charge in [-0.2, -0.15) is 0 Å². The third kappa shape index (κ3) is 3.64. The van der Waals surface area contributed by atoms with Crippen molar-refractivity contribution in [1.82, 2.24) is 0 Å². The number of benzene rings is 2. The van der Waals surface area contributed by atoms with Crippen LogP contribution in [0.2, 0.25) is 5.02 Å². The van der Waals surface area contributed by atoms with Crippen LogP contribution in [0.25, 0.3) is 0 Å². The van der Waals surface area contributed by atoms with Gasteiger partial charge in [0.25, 0.3) is 5.91 Å². The molecule has 3 N–H and O–H groups in total. The third-order valence-electron chi connectivity index (χ3n) is 3.18. The first kappa shape index (κ1) is 15.6. The molecule has 1 amide bonds. The van der Waals surface area contributed by atoms with Crippen molar-refractivity contribution >= 4 is 35.8 Å². The number of carbonyl (C=O) groups excluding carboxylic acids is 1. The van der Waals surface area contributed by atoms with E-state index in [1.54, 1.807) is 0 Å². The van der Waals surface area contributed by atoms with Gasteiger partial charge >= 0.3 is 7.12 Å². The fraction of sp³-hybridized carbons (Fsp3) is 0.133. The number of anilines is 1. The molecule has 0 aliphatic rings. The van der Waals surface area contributed by atoms with Crippen LogP contribution in [0.3, 0.4) is 0 Å². The number of carbonyl (C=O) groups is 1. The second kappa shape index (κ2) is 6.31. The molecule has 0 heterocycles. The van der Waals surface area contributed by atoms with Crippen LogP contribution in [-0.2, 0) is 0 Å². The molecule has 0 atom stereocenters. The summed E-state index contributed by atoms with van der Waals surface area (Å²) in [6.07, 6.45) is 0. The largest absolute Gasteiger partial charge is 0.488 e. The number of hydrogen-bond acceptors (Lipinski definition) is 3. The standard InChI is InChI=1S/C15H15BClNO3/c1-9-3-4-10(2)14(7-9)18-15(19)12-6-5-11(16(20)21)8-13(12)17/h3-8,20-21H,1-2H3,(H,18,19). The maximum Gasteiger partial charge on any atom is 0.488 e. The van der Waals surface area contributed by atoms with Crippen LogP contribution in [0.1, 0.15) is 21.5 Å². The van der Waals surface area contributed by atoms with Crippen LogP contribution < -0.4 is 10.8 Å². The average molecular weight is 304 g/mol. The minimum Gasteiger partial charge on any atom is -0.423 e. The van der Waals surface area contributed by atoms with Crippen molar-refractivity contribution in [2.75, 3.05) is 5.32 Å². The Morgan fingerprint density at radius 2 is 1.86 bits per heavy atom. The van der Waals surface area contributed by atoms with E-state index < -0.39 is 7.12 Å². The second-order valence-electron chi connectivity index (χ2n) is 4.89. The lowest BCUT2D eigenvalue weighted by Crippen LogP contribution is -2.30.